The van der Waals surface area contributed by atoms with E-state index in [1.807, 2.05) is 26.8 Å². The lowest BCUT2D eigenvalue weighted by molar-refractivity contribution is 0.247. The predicted octanol–water partition coefficient (Wildman–Crippen LogP) is 4.47. The van der Waals surface area contributed by atoms with Crippen molar-refractivity contribution in [2.45, 2.75) is 20.8 Å². The van der Waals surface area contributed by atoms with Crippen LogP contribution in [0.4, 0.5) is 10.5 Å². The van der Waals surface area contributed by atoms with Crippen LogP contribution in [0, 0.1) is 20.8 Å². The number of hydrogen-bond acceptors (Lipinski definition) is 3. The molecule has 0 aliphatic rings. The summed E-state index contributed by atoms with van der Waals surface area (Å²) in [7, 11) is 1.53. The highest BCUT2D eigenvalue weighted by molar-refractivity contribution is 6.31. The van der Waals surface area contributed by atoms with E-state index in [0.29, 0.717) is 29.6 Å². The second-order valence-electron chi connectivity index (χ2n) is 5.73. The van der Waals surface area contributed by atoms with E-state index < -0.39 is 0 Å². The third-order valence-electron chi connectivity index (χ3n) is 3.92. The topological polar surface area (TPSA) is 59.6 Å². The van der Waals surface area contributed by atoms with Gasteiger partial charge in [-0.05, 0) is 55.7 Å². The number of benzene rings is 2. The third kappa shape index (κ3) is 5.03. The molecule has 134 valence electrons. The van der Waals surface area contributed by atoms with Crippen molar-refractivity contribution < 1.29 is 14.3 Å². The average molecular weight is 363 g/mol. The van der Waals surface area contributed by atoms with Crippen molar-refractivity contribution >= 4 is 23.3 Å². The summed E-state index contributed by atoms with van der Waals surface area (Å²) < 4.78 is 11.0. The van der Waals surface area contributed by atoms with Crippen LogP contribution in [0.5, 0.6) is 11.5 Å². The quantitative estimate of drug-likeness (QED) is 0.745. The van der Waals surface area contributed by atoms with Crippen LogP contribution in [0.25, 0.3) is 0 Å². The van der Waals surface area contributed by atoms with E-state index >= 15 is 0 Å². The van der Waals surface area contributed by atoms with Crippen LogP contribution >= 0.6 is 11.6 Å². The summed E-state index contributed by atoms with van der Waals surface area (Å²) in [4.78, 5) is 12.0. The lowest BCUT2D eigenvalue weighted by Crippen LogP contribution is -2.32. The van der Waals surface area contributed by atoms with Crippen LogP contribution in [0.15, 0.2) is 30.3 Å². The van der Waals surface area contributed by atoms with Crippen LogP contribution in [-0.4, -0.2) is 26.3 Å². The molecular weight excluding hydrogens is 340 g/mol. The highest BCUT2D eigenvalue weighted by Gasteiger charge is 2.09. The first-order chi connectivity index (χ1) is 11.9. The average Bonchev–Trinajstić information content (AvgIpc) is 2.58. The number of methoxy groups -OCH3 is 1. The summed E-state index contributed by atoms with van der Waals surface area (Å²) in [6.45, 7) is 6.84. The Balaban J connectivity index is 1.86. The van der Waals surface area contributed by atoms with Crippen LogP contribution in [0.2, 0.25) is 5.02 Å². The molecule has 0 fully saturated rings. The smallest absolute Gasteiger partial charge is 0.319 e. The van der Waals surface area contributed by atoms with Crippen molar-refractivity contribution in [1.82, 2.24) is 5.32 Å². The minimum atomic E-state index is -0.346. The molecule has 0 saturated carbocycles. The van der Waals surface area contributed by atoms with Crippen LogP contribution < -0.4 is 20.1 Å². The van der Waals surface area contributed by atoms with Crippen molar-refractivity contribution in [3.05, 3.63) is 52.0 Å². The zero-order valence-electron chi connectivity index (χ0n) is 14.9. The van der Waals surface area contributed by atoms with Crippen LogP contribution in [-0.2, 0) is 0 Å². The Kier molecular flexibility index (Phi) is 6.53. The second kappa shape index (κ2) is 8.62. The molecule has 0 unspecified atom stereocenters. The fourth-order valence-electron chi connectivity index (χ4n) is 2.41. The van der Waals surface area contributed by atoms with Gasteiger partial charge in [-0.3, -0.25) is 0 Å². The Hall–Kier alpha value is -2.40. The number of halogens is 1. The van der Waals surface area contributed by atoms with Gasteiger partial charge in [0, 0.05) is 5.02 Å². The molecular formula is C19H23ClN2O3. The minimum absolute atomic E-state index is 0.346. The molecule has 5 nitrogen and oxygen atoms in total. The van der Waals surface area contributed by atoms with Gasteiger partial charge >= 0.3 is 6.03 Å². The molecule has 2 N–H and O–H groups in total. The van der Waals surface area contributed by atoms with E-state index in [1.54, 1.807) is 18.2 Å². The summed E-state index contributed by atoms with van der Waals surface area (Å²) >= 11 is 5.95. The number of nitrogens with one attached hydrogen (secondary N) is 2. The van der Waals surface area contributed by atoms with Crippen LogP contribution in [0.3, 0.4) is 0 Å². The molecule has 2 aromatic rings. The minimum Gasteiger partial charge on any atom is -0.495 e. The van der Waals surface area contributed by atoms with Gasteiger partial charge in [0.1, 0.15) is 18.1 Å². The fourth-order valence-corrected chi connectivity index (χ4v) is 2.58. The number of anilines is 1. The number of urea groups is 1. The number of carbonyl (C=O) groups is 1. The normalized spacial score (nSPS) is 10.3. The molecule has 0 aliphatic heterocycles. The maximum absolute atomic E-state index is 12.0. The molecule has 2 amide bonds. The van der Waals surface area contributed by atoms with Crippen molar-refractivity contribution in [3.63, 3.8) is 0 Å². The molecule has 0 heterocycles. The van der Waals surface area contributed by atoms with Gasteiger partial charge in [0.25, 0.3) is 0 Å². The zero-order chi connectivity index (χ0) is 18.4. The maximum atomic E-state index is 12.0. The molecule has 25 heavy (non-hydrogen) atoms. The molecule has 0 bridgehead atoms. The van der Waals surface area contributed by atoms with Crippen molar-refractivity contribution in [2.75, 3.05) is 25.6 Å². The molecule has 0 radical (unpaired) electrons. The van der Waals surface area contributed by atoms with Gasteiger partial charge in [0.15, 0.2) is 0 Å². The standard InChI is InChI=1S/C19H23ClN2O3/c1-12-5-6-13(2)18(14(12)3)25-10-9-21-19(23)22-16-11-15(20)7-8-17(16)24-4/h5-8,11H,9-10H2,1-4H3,(H2,21,22,23). The van der Waals surface area contributed by atoms with Crippen molar-refractivity contribution in [1.29, 1.82) is 0 Å². The molecule has 0 aromatic heterocycles. The molecule has 0 spiro atoms. The van der Waals surface area contributed by atoms with Gasteiger partial charge in [-0.15, -0.1) is 0 Å². The summed E-state index contributed by atoms with van der Waals surface area (Å²) in [6, 6.07) is 8.79. The Morgan fingerprint density at radius 2 is 1.84 bits per heavy atom. The van der Waals surface area contributed by atoms with Crippen molar-refractivity contribution in [2.24, 2.45) is 0 Å². The molecule has 2 rings (SSSR count). The SMILES string of the molecule is COc1ccc(Cl)cc1NC(=O)NCCOc1c(C)ccc(C)c1C. The monoisotopic (exact) mass is 362 g/mol. The van der Waals surface area contributed by atoms with E-state index in [1.165, 1.54) is 12.7 Å². The Bertz CT molecular complexity index is 763. The first-order valence-electron chi connectivity index (χ1n) is 8.00. The zero-order valence-corrected chi connectivity index (χ0v) is 15.7. The second-order valence-corrected chi connectivity index (χ2v) is 6.16. The number of amides is 2. The molecule has 0 aliphatic carbocycles. The Labute approximate surface area is 153 Å². The highest BCUT2D eigenvalue weighted by atomic mass is 35.5. The molecule has 2 aromatic carbocycles. The van der Waals surface area contributed by atoms with E-state index in [9.17, 15) is 4.79 Å². The molecule has 0 atom stereocenters. The highest BCUT2D eigenvalue weighted by Crippen LogP contribution is 2.27. The summed E-state index contributed by atoms with van der Waals surface area (Å²) in [5.74, 6) is 1.42. The fraction of sp³-hybridized carbons (Fsp3) is 0.316. The largest absolute Gasteiger partial charge is 0.495 e. The third-order valence-corrected chi connectivity index (χ3v) is 4.15. The van der Waals surface area contributed by atoms with Crippen LogP contribution in [0.1, 0.15) is 16.7 Å². The van der Waals surface area contributed by atoms with Gasteiger partial charge in [-0.1, -0.05) is 23.7 Å². The number of rotatable bonds is 6. The lowest BCUT2D eigenvalue weighted by atomic mass is 10.1. The predicted molar refractivity (Wildman–Crippen MR) is 101 cm³/mol. The van der Waals surface area contributed by atoms with E-state index in [0.717, 1.165) is 16.9 Å². The summed E-state index contributed by atoms with van der Waals surface area (Å²) in [5, 5.41) is 5.99. The van der Waals surface area contributed by atoms with Gasteiger partial charge in [0.2, 0.25) is 0 Å². The first-order valence-corrected chi connectivity index (χ1v) is 8.38. The number of carbonyl (C=O) groups excluding carboxylic acids is 1. The number of hydrogen-bond donors (Lipinski definition) is 2. The lowest BCUT2D eigenvalue weighted by Gasteiger charge is -2.15. The Morgan fingerprint density at radius 3 is 2.56 bits per heavy atom. The first kappa shape index (κ1) is 18.9. The van der Waals surface area contributed by atoms with Gasteiger partial charge in [-0.25, -0.2) is 4.79 Å². The summed E-state index contributed by atoms with van der Waals surface area (Å²) in [6.07, 6.45) is 0. The number of ether oxygens (including phenoxy) is 2. The van der Waals surface area contributed by atoms with Crippen molar-refractivity contribution in [3.8, 4) is 11.5 Å². The van der Waals surface area contributed by atoms with Gasteiger partial charge < -0.3 is 20.1 Å². The molecule has 0 saturated heterocycles. The van der Waals surface area contributed by atoms with Gasteiger partial charge in [-0.2, -0.15) is 0 Å². The van der Waals surface area contributed by atoms with E-state index in [4.69, 9.17) is 21.1 Å². The summed E-state index contributed by atoms with van der Waals surface area (Å²) in [5.41, 5.74) is 3.89. The Morgan fingerprint density at radius 1 is 1.12 bits per heavy atom. The van der Waals surface area contributed by atoms with Gasteiger partial charge in [0.05, 0.1) is 19.3 Å². The molecule has 6 heteroatoms. The van der Waals surface area contributed by atoms with E-state index in [2.05, 4.69) is 16.7 Å². The van der Waals surface area contributed by atoms with E-state index in [-0.39, 0.29) is 6.03 Å². The number of aryl methyl sites for hydroxylation is 2. The maximum Gasteiger partial charge on any atom is 0.319 e.